The zero-order chi connectivity index (χ0) is 19.5. The van der Waals surface area contributed by atoms with Crippen LogP contribution in [0.4, 0.5) is 5.82 Å². The Morgan fingerprint density at radius 3 is 2.85 bits per heavy atom. The molecule has 26 heavy (non-hydrogen) atoms. The monoisotopic (exact) mass is 360 g/mol. The van der Waals surface area contributed by atoms with E-state index in [-0.39, 0.29) is 6.17 Å². The summed E-state index contributed by atoms with van der Waals surface area (Å²) in [6, 6.07) is 3.54. The maximum atomic E-state index is 10.6. The average molecular weight is 360 g/mol. The van der Waals surface area contributed by atoms with Crippen molar-refractivity contribution in [1.82, 2.24) is 20.4 Å². The van der Waals surface area contributed by atoms with Crippen molar-refractivity contribution in [3.05, 3.63) is 36.5 Å². The van der Waals surface area contributed by atoms with Gasteiger partial charge in [0.1, 0.15) is 24.0 Å². The highest BCUT2D eigenvalue weighted by Gasteiger charge is 2.22. The lowest BCUT2D eigenvalue weighted by atomic mass is 10.2. The zero-order valence-electron chi connectivity index (χ0n) is 15.6. The van der Waals surface area contributed by atoms with E-state index in [4.69, 9.17) is 5.73 Å². The molecule has 0 spiro atoms. The third kappa shape index (κ3) is 6.26. The number of nitrogen functional groups attached to an aromatic ring is 1. The van der Waals surface area contributed by atoms with Gasteiger partial charge >= 0.3 is 0 Å². The van der Waals surface area contributed by atoms with Crippen LogP contribution in [0.5, 0.6) is 0 Å². The number of aliphatic imine (C=N–C) groups is 2. The van der Waals surface area contributed by atoms with Crippen molar-refractivity contribution >= 4 is 24.7 Å². The van der Waals surface area contributed by atoms with Gasteiger partial charge < -0.3 is 10.8 Å². The first kappa shape index (κ1) is 21.3. The van der Waals surface area contributed by atoms with Gasteiger partial charge in [0.05, 0.1) is 11.9 Å². The van der Waals surface area contributed by atoms with E-state index < -0.39 is 6.23 Å². The fraction of sp³-hybridized carbons (Fsp3) is 0.412. The summed E-state index contributed by atoms with van der Waals surface area (Å²) in [7, 11) is 1.71. The molecule has 0 amide bonds. The highest BCUT2D eigenvalue weighted by atomic mass is 16.3. The molecule has 0 saturated heterocycles. The van der Waals surface area contributed by atoms with E-state index in [2.05, 4.69) is 38.8 Å². The van der Waals surface area contributed by atoms with E-state index in [1.165, 1.54) is 5.12 Å². The second-order valence-corrected chi connectivity index (χ2v) is 5.39. The molecule has 142 valence electrons. The van der Waals surface area contributed by atoms with Gasteiger partial charge in [0, 0.05) is 32.9 Å². The molecule has 0 radical (unpaired) electrons. The third-order valence-electron chi connectivity index (χ3n) is 3.31. The number of hydrogen-bond donors (Lipinski definition) is 3. The topological polar surface area (TPSA) is 115 Å². The number of aromatic nitrogens is 1. The minimum absolute atomic E-state index is 0.300. The van der Waals surface area contributed by atoms with Gasteiger partial charge in [-0.1, -0.05) is 6.08 Å². The van der Waals surface area contributed by atoms with Crippen LogP contribution < -0.4 is 11.2 Å². The quantitative estimate of drug-likeness (QED) is 0.189. The lowest BCUT2D eigenvalue weighted by Gasteiger charge is -2.28. The second-order valence-electron chi connectivity index (χ2n) is 5.39. The summed E-state index contributed by atoms with van der Waals surface area (Å²) < 4.78 is 0. The van der Waals surface area contributed by atoms with Crippen molar-refractivity contribution < 1.29 is 5.11 Å². The molecule has 0 aliphatic rings. The predicted octanol–water partition coefficient (Wildman–Crippen LogP) is 1.05. The Balaban J connectivity index is 3.40. The van der Waals surface area contributed by atoms with Crippen molar-refractivity contribution in [1.29, 1.82) is 0 Å². The first-order valence-corrected chi connectivity index (χ1v) is 8.27. The van der Waals surface area contributed by atoms with Gasteiger partial charge in [0.2, 0.25) is 0 Å². The van der Waals surface area contributed by atoms with Crippen molar-refractivity contribution in [2.75, 3.05) is 19.3 Å². The maximum absolute atomic E-state index is 10.6. The molecular formula is C17H28N8O. The van der Waals surface area contributed by atoms with Gasteiger partial charge in [-0.15, -0.1) is 6.58 Å². The van der Waals surface area contributed by atoms with Crippen LogP contribution >= 0.6 is 0 Å². The minimum atomic E-state index is -0.899. The third-order valence-corrected chi connectivity index (χ3v) is 3.31. The van der Waals surface area contributed by atoms with Crippen LogP contribution in [0.1, 0.15) is 25.8 Å². The Morgan fingerprint density at radius 2 is 2.27 bits per heavy atom. The van der Waals surface area contributed by atoms with E-state index in [1.54, 1.807) is 42.7 Å². The average Bonchev–Trinajstić information content (AvgIpc) is 2.61. The van der Waals surface area contributed by atoms with Crippen molar-refractivity contribution in [3.8, 4) is 0 Å². The zero-order valence-corrected chi connectivity index (χ0v) is 15.6. The number of pyridine rings is 1. The Labute approximate surface area is 154 Å². The van der Waals surface area contributed by atoms with Crippen molar-refractivity contribution in [2.45, 2.75) is 32.7 Å². The standard InChI is InChI=1S/C17H28N8O/c1-6-9-15(26)25(12-20-7-2)17(14-10-8-11-21-16(14)18)22-13(3)23-24(5)19-4/h6,8,10-13,15,23,26H,1,4,7,9H2,2-3,5H3,(H2,18,21)/b20-12+,22-17-/t13-,15?/m0/s1. The van der Waals surface area contributed by atoms with Crippen LogP contribution in [0.15, 0.2) is 46.1 Å². The number of rotatable bonds is 10. The lowest BCUT2D eigenvalue weighted by Crippen LogP contribution is -2.43. The Morgan fingerprint density at radius 1 is 1.54 bits per heavy atom. The second kappa shape index (κ2) is 11.0. The number of hydrazone groups is 1. The molecule has 0 aliphatic heterocycles. The number of hydrazine groups is 1. The van der Waals surface area contributed by atoms with Gasteiger partial charge in [0.15, 0.2) is 0 Å². The minimum Gasteiger partial charge on any atom is -0.383 e. The predicted molar refractivity (Wildman–Crippen MR) is 107 cm³/mol. The molecule has 1 aromatic heterocycles. The van der Waals surface area contributed by atoms with E-state index in [1.807, 2.05) is 13.8 Å². The summed E-state index contributed by atoms with van der Waals surface area (Å²) in [6.07, 6.45) is 3.81. The molecule has 9 nitrogen and oxygen atoms in total. The molecule has 4 N–H and O–H groups in total. The Bertz CT molecular complexity index is 645. The molecule has 1 rings (SSSR count). The van der Waals surface area contributed by atoms with Crippen LogP contribution in [0.25, 0.3) is 0 Å². The smallest absolute Gasteiger partial charge is 0.143 e. The van der Waals surface area contributed by atoms with Gasteiger partial charge in [-0.05, 0) is 26.0 Å². The molecule has 0 saturated carbocycles. The first-order valence-electron chi connectivity index (χ1n) is 8.27. The number of anilines is 1. The fourth-order valence-corrected chi connectivity index (χ4v) is 2.11. The molecule has 1 unspecified atom stereocenters. The van der Waals surface area contributed by atoms with Crippen LogP contribution in [0, 0.1) is 0 Å². The van der Waals surface area contributed by atoms with Crippen LogP contribution in [-0.4, -0.2) is 65.0 Å². The van der Waals surface area contributed by atoms with E-state index in [9.17, 15) is 5.11 Å². The molecule has 2 atom stereocenters. The summed E-state index contributed by atoms with van der Waals surface area (Å²) in [5.74, 6) is 0.731. The van der Waals surface area contributed by atoms with Gasteiger partial charge in [-0.25, -0.2) is 15.1 Å². The maximum Gasteiger partial charge on any atom is 0.143 e. The fourth-order valence-electron chi connectivity index (χ4n) is 2.11. The van der Waals surface area contributed by atoms with Gasteiger partial charge in [-0.3, -0.25) is 9.89 Å². The van der Waals surface area contributed by atoms with Crippen LogP contribution in [-0.2, 0) is 0 Å². The molecule has 0 bridgehead atoms. The van der Waals surface area contributed by atoms with Crippen LogP contribution in [0.2, 0.25) is 0 Å². The largest absolute Gasteiger partial charge is 0.383 e. The number of aliphatic hydroxyl groups is 1. The highest BCUT2D eigenvalue weighted by molar-refractivity contribution is 6.07. The number of nitrogens with zero attached hydrogens (tertiary/aromatic N) is 6. The molecule has 0 aliphatic carbocycles. The number of nitrogens with one attached hydrogen (secondary N) is 1. The number of nitrogens with two attached hydrogens (primary N) is 1. The number of aliphatic hydroxyl groups excluding tert-OH is 1. The Hall–Kier alpha value is -2.78. The summed E-state index contributed by atoms with van der Waals surface area (Å²) in [5.41, 5.74) is 9.64. The van der Waals surface area contributed by atoms with Gasteiger partial charge in [0.25, 0.3) is 0 Å². The summed E-state index contributed by atoms with van der Waals surface area (Å²) in [6.45, 7) is 11.4. The SMILES string of the molecule is C=CCC(O)N(/C=N/CC)/C(=N\[C@H](C)NN(C)N=C)c1cccnc1N. The summed E-state index contributed by atoms with van der Waals surface area (Å²) in [4.78, 5) is 14.6. The molecular weight excluding hydrogens is 332 g/mol. The summed E-state index contributed by atoms with van der Waals surface area (Å²) >= 11 is 0. The van der Waals surface area contributed by atoms with E-state index >= 15 is 0 Å². The molecule has 9 heteroatoms. The highest BCUT2D eigenvalue weighted by Crippen LogP contribution is 2.15. The molecule has 0 aromatic carbocycles. The van der Waals surface area contributed by atoms with E-state index in [0.29, 0.717) is 30.2 Å². The Kier molecular flexibility index (Phi) is 8.96. The number of amidine groups is 1. The lowest BCUT2D eigenvalue weighted by molar-refractivity contribution is 0.1000. The normalized spacial score (nSPS) is 14.1. The summed E-state index contributed by atoms with van der Waals surface area (Å²) in [5, 5.41) is 15.8. The van der Waals surface area contributed by atoms with Crippen LogP contribution in [0.3, 0.4) is 0 Å². The van der Waals surface area contributed by atoms with E-state index in [0.717, 1.165) is 0 Å². The molecule has 0 fully saturated rings. The van der Waals surface area contributed by atoms with Gasteiger partial charge in [-0.2, -0.15) is 10.5 Å². The molecule has 1 heterocycles. The van der Waals surface area contributed by atoms with Crippen molar-refractivity contribution in [2.24, 2.45) is 15.1 Å². The molecule has 1 aromatic rings. The van der Waals surface area contributed by atoms with Crippen molar-refractivity contribution in [3.63, 3.8) is 0 Å². The number of hydrogen-bond acceptors (Lipinski definition) is 8. The first-order chi connectivity index (χ1) is 12.4.